The molecule has 54 heavy (non-hydrogen) atoms. The number of rotatable bonds is 14. The highest BCUT2D eigenvalue weighted by molar-refractivity contribution is 5.92. The van der Waals surface area contributed by atoms with Gasteiger partial charge in [-0.25, -0.2) is 4.98 Å². The van der Waals surface area contributed by atoms with Gasteiger partial charge in [0.2, 0.25) is 11.8 Å². The van der Waals surface area contributed by atoms with Crippen LogP contribution >= 0.6 is 12.4 Å². The maximum Gasteiger partial charge on any atom is 0.246 e. The molecular weight excluding hydrogens is 698 g/mol. The number of aromatic nitrogens is 1. The van der Waals surface area contributed by atoms with Crippen molar-refractivity contribution in [2.24, 2.45) is 0 Å². The Morgan fingerprint density at radius 3 is 2.06 bits per heavy atom. The van der Waals surface area contributed by atoms with Crippen LogP contribution in [0.3, 0.4) is 0 Å². The van der Waals surface area contributed by atoms with Gasteiger partial charge in [-0.15, -0.1) is 12.4 Å². The summed E-state index contributed by atoms with van der Waals surface area (Å²) >= 11 is 0. The monoisotopic (exact) mass is 747 g/mol. The number of hydrogen-bond donors (Lipinski definition) is 0. The summed E-state index contributed by atoms with van der Waals surface area (Å²) in [5.74, 6) is 3.65. The van der Waals surface area contributed by atoms with Crippen molar-refractivity contribution in [2.45, 2.75) is 47.3 Å². The van der Waals surface area contributed by atoms with Crippen LogP contribution in [-0.2, 0) is 24.4 Å². The molecule has 2 heterocycles. The number of carbonyl (C=O) groups excluding carboxylic acids is 1. The zero-order valence-electron chi connectivity index (χ0n) is 31.8. The molecule has 0 atom stereocenters. The van der Waals surface area contributed by atoms with Crippen molar-refractivity contribution in [1.29, 1.82) is 0 Å². The van der Waals surface area contributed by atoms with Crippen LogP contribution in [0.25, 0.3) is 6.08 Å². The number of amides is 1. The third-order valence-electron chi connectivity index (χ3n) is 9.54. The van der Waals surface area contributed by atoms with Crippen LogP contribution in [0.2, 0.25) is 0 Å². The average molecular weight is 748 g/mol. The smallest absolute Gasteiger partial charge is 0.246 e. The van der Waals surface area contributed by atoms with Gasteiger partial charge < -0.3 is 23.8 Å². The number of carbonyl (C=O) groups is 1. The van der Waals surface area contributed by atoms with Gasteiger partial charge >= 0.3 is 0 Å². The van der Waals surface area contributed by atoms with Gasteiger partial charge in [-0.3, -0.25) is 9.69 Å². The second kappa shape index (κ2) is 19.1. The maximum atomic E-state index is 13.1. The molecule has 8 nitrogen and oxygen atoms in total. The molecule has 1 aliphatic heterocycles. The van der Waals surface area contributed by atoms with E-state index in [4.69, 9.17) is 18.9 Å². The first-order valence-corrected chi connectivity index (χ1v) is 18.2. The van der Waals surface area contributed by atoms with E-state index in [0.29, 0.717) is 37.9 Å². The summed E-state index contributed by atoms with van der Waals surface area (Å²) in [6.45, 7) is 13.3. The number of nitrogens with zero attached hydrogens (tertiary/aromatic N) is 3. The zero-order chi connectivity index (χ0) is 37.2. The summed E-state index contributed by atoms with van der Waals surface area (Å²) in [5, 5.41) is 0. The SMILES string of the molecule is COc1ccc(COc2ccc(Oc3c(C)cc(C=CC(=O)N4CCN(Cc5ccc(CCOc6ccc(C)cc6)c(C)c5)CC4)cc3C)nc2)cc1.Cl. The lowest BCUT2D eigenvalue weighted by Gasteiger charge is -2.34. The van der Waals surface area contributed by atoms with E-state index in [2.05, 4.69) is 54.1 Å². The van der Waals surface area contributed by atoms with Gasteiger partial charge in [-0.2, -0.15) is 0 Å². The van der Waals surface area contributed by atoms with E-state index >= 15 is 0 Å². The second-order valence-electron chi connectivity index (χ2n) is 13.7. The van der Waals surface area contributed by atoms with Gasteiger partial charge in [0, 0.05) is 51.3 Å². The highest BCUT2D eigenvalue weighted by Crippen LogP contribution is 2.30. The number of aryl methyl sites for hydroxylation is 4. The van der Waals surface area contributed by atoms with Crippen LogP contribution in [0.15, 0.2) is 103 Å². The minimum absolute atomic E-state index is 0. The molecule has 0 radical (unpaired) electrons. The molecule has 6 rings (SSSR count). The summed E-state index contributed by atoms with van der Waals surface area (Å²) in [7, 11) is 1.65. The fourth-order valence-electron chi connectivity index (χ4n) is 6.45. The predicted octanol–water partition coefficient (Wildman–Crippen LogP) is 9.10. The largest absolute Gasteiger partial charge is 0.497 e. The number of ether oxygens (including phenoxy) is 4. The highest BCUT2D eigenvalue weighted by atomic mass is 35.5. The lowest BCUT2D eigenvalue weighted by molar-refractivity contribution is -0.127. The van der Waals surface area contributed by atoms with Crippen LogP contribution in [0.4, 0.5) is 0 Å². The van der Waals surface area contributed by atoms with Crippen LogP contribution in [0, 0.1) is 27.7 Å². The number of pyridine rings is 1. The molecule has 1 amide bonds. The Hall–Kier alpha value is -5.31. The first kappa shape index (κ1) is 39.9. The van der Waals surface area contributed by atoms with Gasteiger partial charge in [-0.05, 0) is 115 Å². The van der Waals surface area contributed by atoms with Crippen LogP contribution in [0.5, 0.6) is 28.9 Å². The zero-order valence-corrected chi connectivity index (χ0v) is 32.7. The molecule has 0 bridgehead atoms. The van der Waals surface area contributed by atoms with Gasteiger partial charge in [0.25, 0.3) is 0 Å². The third kappa shape index (κ3) is 11.1. The minimum atomic E-state index is 0. The average Bonchev–Trinajstić information content (AvgIpc) is 3.17. The molecule has 4 aromatic carbocycles. The number of hydrogen-bond acceptors (Lipinski definition) is 7. The van der Waals surface area contributed by atoms with Crippen LogP contribution < -0.4 is 18.9 Å². The van der Waals surface area contributed by atoms with Crippen molar-refractivity contribution in [3.8, 4) is 28.9 Å². The Balaban J connectivity index is 0.00000561. The van der Waals surface area contributed by atoms with Gasteiger partial charge in [0.1, 0.15) is 29.6 Å². The summed E-state index contributed by atoms with van der Waals surface area (Å²) < 4.78 is 23.2. The number of halogens is 1. The molecule has 282 valence electrons. The molecule has 0 unspecified atom stereocenters. The standard InChI is InChI=1S/C45H49N3O5.ClH/c1-32-6-13-41(14-7-32)51-25-20-39-12-8-38(26-33(39)2)30-47-21-23-48(24-22-47)44(49)19-11-37-27-34(3)45(35(4)28-37)53-43-18-17-42(29-46-43)52-31-36-9-15-40(50-5)16-10-36;/h6-19,26-29H,20-25,30-31H2,1-5H3;1H. The van der Waals surface area contributed by atoms with Crippen molar-refractivity contribution >= 4 is 24.4 Å². The molecule has 0 spiro atoms. The van der Waals surface area contributed by atoms with E-state index in [-0.39, 0.29) is 18.3 Å². The molecule has 1 fully saturated rings. The van der Waals surface area contributed by atoms with Crippen molar-refractivity contribution in [1.82, 2.24) is 14.8 Å². The van der Waals surface area contributed by atoms with E-state index < -0.39 is 0 Å². The first-order valence-electron chi connectivity index (χ1n) is 18.2. The molecule has 0 N–H and O–H groups in total. The van der Waals surface area contributed by atoms with Crippen molar-refractivity contribution < 1.29 is 23.7 Å². The van der Waals surface area contributed by atoms with Crippen molar-refractivity contribution in [2.75, 3.05) is 39.9 Å². The van der Waals surface area contributed by atoms with Crippen LogP contribution in [-0.4, -0.2) is 60.6 Å². The number of piperazine rings is 1. The quantitative estimate of drug-likeness (QED) is 0.105. The Morgan fingerprint density at radius 2 is 1.41 bits per heavy atom. The van der Waals surface area contributed by atoms with Crippen molar-refractivity contribution in [3.05, 3.63) is 148 Å². The summed E-state index contributed by atoms with van der Waals surface area (Å²) in [6, 6.07) is 30.4. The van der Waals surface area contributed by atoms with Crippen molar-refractivity contribution in [3.63, 3.8) is 0 Å². The molecule has 1 aliphatic rings. The van der Waals surface area contributed by atoms with Gasteiger partial charge in [-0.1, -0.05) is 48.0 Å². The molecule has 0 aliphatic carbocycles. The van der Waals surface area contributed by atoms with E-state index in [1.54, 1.807) is 25.4 Å². The Morgan fingerprint density at radius 1 is 0.741 bits per heavy atom. The lowest BCUT2D eigenvalue weighted by atomic mass is 10.0. The fourth-order valence-corrected chi connectivity index (χ4v) is 6.45. The number of methoxy groups -OCH3 is 1. The summed E-state index contributed by atoms with van der Waals surface area (Å²) in [4.78, 5) is 21.9. The summed E-state index contributed by atoms with van der Waals surface area (Å²) in [6.07, 6.45) is 6.11. The third-order valence-corrected chi connectivity index (χ3v) is 9.54. The topological polar surface area (TPSA) is 73.4 Å². The van der Waals surface area contributed by atoms with E-state index in [9.17, 15) is 4.79 Å². The van der Waals surface area contributed by atoms with Gasteiger partial charge in [0.15, 0.2) is 0 Å². The predicted molar refractivity (Wildman–Crippen MR) is 217 cm³/mol. The van der Waals surface area contributed by atoms with Crippen LogP contribution in [0.1, 0.15) is 44.5 Å². The summed E-state index contributed by atoms with van der Waals surface area (Å²) in [5.41, 5.74) is 9.05. The Labute approximate surface area is 325 Å². The van der Waals surface area contributed by atoms with E-state index in [0.717, 1.165) is 65.6 Å². The first-order chi connectivity index (χ1) is 25.7. The second-order valence-corrected chi connectivity index (χ2v) is 13.7. The molecule has 0 saturated carbocycles. The Kier molecular flexibility index (Phi) is 14.1. The normalized spacial score (nSPS) is 13.0. The van der Waals surface area contributed by atoms with E-state index in [1.165, 1.54) is 22.3 Å². The minimum Gasteiger partial charge on any atom is -0.497 e. The highest BCUT2D eigenvalue weighted by Gasteiger charge is 2.20. The molecule has 1 aromatic heterocycles. The van der Waals surface area contributed by atoms with Gasteiger partial charge in [0.05, 0.1) is 19.9 Å². The molecule has 5 aromatic rings. The maximum absolute atomic E-state index is 13.1. The molecule has 1 saturated heterocycles. The number of benzene rings is 4. The molecule has 9 heteroatoms. The fraction of sp³-hybridized carbons (Fsp3) is 0.289. The molecular formula is C45H50ClN3O5. The lowest BCUT2D eigenvalue weighted by Crippen LogP contribution is -2.47. The van der Waals surface area contributed by atoms with E-state index in [1.807, 2.05) is 79.4 Å². The Bertz CT molecular complexity index is 1980.